The van der Waals surface area contributed by atoms with Crippen molar-refractivity contribution in [3.63, 3.8) is 0 Å². The maximum atomic E-state index is 5.07. The fourth-order valence-corrected chi connectivity index (χ4v) is 2.13. The lowest BCUT2D eigenvalue weighted by Crippen LogP contribution is -1.91. The van der Waals surface area contributed by atoms with Crippen molar-refractivity contribution in [2.45, 2.75) is 6.92 Å². The van der Waals surface area contributed by atoms with Crippen molar-refractivity contribution in [3.8, 4) is 28.3 Å². The standard InChI is InChI=1S/C18H16N2O/c1-13-3-5-14(6-4-13)15-7-9-16(10-8-15)18-19-11-17(21-2)12-20-18/h3-12H,1-2H3. The third kappa shape index (κ3) is 2.92. The molecule has 0 N–H and O–H groups in total. The number of benzene rings is 2. The highest BCUT2D eigenvalue weighted by Gasteiger charge is 2.03. The quantitative estimate of drug-likeness (QED) is 0.721. The summed E-state index contributed by atoms with van der Waals surface area (Å²) in [6.07, 6.45) is 3.35. The lowest BCUT2D eigenvalue weighted by atomic mass is 10.0. The molecular weight excluding hydrogens is 260 g/mol. The first-order chi connectivity index (χ1) is 10.3. The Morgan fingerprint density at radius 3 is 1.71 bits per heavy atom. The van der Waals surface area contributed by atoms with Crippen molar-refractivity contribution in [1.82, 2.24) is 9.97 Å². The number of nitrogens with zero attached hydrogens (tertiary/aromatic N) is 2. The molecule has 2 aromatic carbocycles. The molecule has 0 saturated heterocycles. The minimum Gasteiger partial charge on any atom is -0.494 e. The maximum absolute atomic E-state index is 5.07. The molecule has 0 fully saturated rings. The normalized spacial score (nSPS) is 10.4. The highest BCUT2D eigenvalue weighted by Crippen LogP contribution is 2.23. The van der Waals surface area contributed by atoms with E-state index in [0.29, 0.717) is 11.6 Å². The minimum atomic E-state index is 0.662. The molecule has 3 aromatic rings. The molecule has 1 heterocycles. The van der Waals surface area contributed by atoms with Crippen molar-refractivity contribution in [2.75, 3.05) is 7.11 Å². The first-order valence-electron chi connectivity index (χ1n) is 6.80. The van der Waals surface area contributed by atoms with Crippen LogP contribution in [0.15, 0.2) is 60.9 Å². The molecule has 21 heavy (non-hydrogen) atoms. The van der Waals surface area contributed by atoms with Crippen molar-refractivity contribution < 1.29 is 4.74 Å². The van der Waals surface area contributed by atoms with Crippen LogP contribution in [0.2, 0.25) is 0 Å². The number of aromatic nitrogens is 2. The van der Waals surface area contributed by atoms with Crippen molar-refractivity contribution in [3.05, 3.63) is 66.5 Å². The van der Waals surface area contributed by atoms with Gasteiger partial charge in [-0.25, -0.2) is 9.97 Å². The van der Waals surface area contributed by atoms with Crippen LogP contribution in [0.1, 0.15) is 5.56 Å². The van der Waals surface area contributed by atoms with Gasteiger partial charge in [0.2, 0.25) is 0 Å². The summed E-state index contributed by atoms with van der Waals surface area (Å²) in [5.41, 5.74) is 4.66. The number of methoxy groups -OCH3 is 1. The molecule has 1 aromatic heterocycles. The SMILES string of the molecule is COc1cnc(-c2ccc(-c3ccc(C)cc3)cc2)nc1. The Morgan fingerprint density at radius 2 is 1.19 bits per heavy atom. The molecule has 0 aliphatic carbocycles. The Bertz CT molecular complexity index is 717. The van der Waals surface area contributed by atoms with Gasteiger partial charge in [0.05, 0.1) is 19.5 Å². The van der Waals surface area contributed by atoms with Gasteiger partial charge in [-0.15, -0.1) is 0 Å². The Hall–Kier alpha value is -2.68. The molecule has 0 aliphatic rings. The number of aryl methyl sites for hydroxylation is 1. The van der Waals surface area contributed by atoms with E-state index in [4.69, 9.17) is 4.74 Å². The predicted molar refractivity (Wildman–Crippen MR) is 84.2 cm³/mol. The molecule has 0 aliphatic heterocycles. The predicted octanol–water partition coefficient (Wildman–Crippen LogP) is 4.13. The van der Waals surface area contributed by atoms with Gasteiger partial charge >= 0.3 is 0 Å². The van der Waals surface area contributed by atoms with Crippen LogP contribution in [0.5, 0.6) is 5.75 Å². The zero-order valence-electron chi connectivity index (χ0n) is 12.1. The Morgan fingerprint density at radius 1 is 0.714 bits per heavy atom. The second-order valence-corrected chi connectivity index (χ2v) is 4.89. The summed E-state index contributed by atoms with van der Waals surface area (Å²) in [4.78, 5) is 8.60. The summed E-state index contributed by atoms with van der Waals surface area (Å²) < 4.78 is 5.07. The van der Waals surface area contributed by atoms with Crippen LogP contribution < -0.4 is 4.74 Å². The topological polar surface area (TPSA) is 35.0 Å². The van der Waals surface area contributed by atoms with E-state index in [1.165, 1.54) is 16.7 Å². The maximum Gasteiger partial charge on any atom is 0.159 e. The Kier molecular flexibility index (Phi) is 3.65. The van der Waals surface area contributed by atoms with Gasteiger partial charge in [0.25, 0.3) is 0 Å². The van der Waals surface area contributed by atoms with Crippen LogP contribution in [-0.2, 0) is 0 Å². The highest BCUT2D eigenvalue weighted by atomic mass is 16.5. The van der Waals surface area contributed by atoms with E-state index < -0.39 is 0 Å². The molecule has 0 bridgehead atoms. The average molecular weight is 276 g/mol. The lowest BCUT2D eigenvalue weighted by Gasteiger charge is -2.05. The Labute approximate surface area is 124 Å². The fourth-order valence-electron chi connectivity index (χ4n) is 2.13. The van der Waals surface area contributed by atoms with Gasteiger partial charge in [-0.05, 0) is 18.1 Å². The Balaban J connectivity index is 1.87. The second kappa shape index (κ2) is 5.75. The van der Waals surface area contributed by atoms with Gasteiger partial charge in [-0.3, -0.25) is 0 Å². The zero-order chi connectivity index (χ0) is 14.7. The van der Waals surface area contributed by atoms with Gasteiger partial charge < -0.3 is 4.74 Å². The minimum absolute atomic E-state index is 0.662. The molecule has 0 amide bonds. The van der Waals surface area contributed by atoms with E-state index in [1.54, 1.807) is 19.5 Å². The molecule has 0 unspecified atom stereocenters. The van der Waals surface area contributed by atoms with E-state index in [9.17, 15) is 0 Å². The molecule has 3 heteroatoms. The van der Waals surface area contributed by atoms with Gasteiger partial charge in [-0.2, -0.15) is 0 Å². The summed E-state index contributed by atoms with van der Waals surface area (Å²) in [5, 5.41) is 0. The van der Waals surface area contributed by atoms with Crippen LogP contribution in [-0.4, -0.2) is 17.1 Å². The van der Waals surface area contributed by atoms with Crippen molar-refractivity contribution >= 4 is 0 Å². The smallest absolute Gasteiger partial charge is 0.159 e. The van der Waals surface area contributed by atoms with Gasteiger partial charge in [0, 0.05) is 5.56 Å². The van der Waals surface area contributed by atoms with Crippen LogP contribution in [0.4, 0.5) is 0 Å². The first kappa shape index (κ1) is 13.3. The number of ether oxygens (including phenoxy) is 1. The molecule has 0 atom stereocenters. The average Bonchev–Trinajstić information content (AvgIpc) is 2.56. The van der Waals surface area contributed by atoms with Crippen molar-refractivity contribution in [1.29, 1.82) is 0 Å². The molecule has 3 rings (SSSR count). The molecule has 0 spiro atoms. The first-order valence-corrected chi connectivity index (χ1v) is 6.80. The van der Waals surface area contributed by atoms with Crippen molar-refractivity contribution in [2.24, 2.45) is 0 Å². The van der Waals surface area contributed by atoms with Crippen LogP contribution in [0.25, 0.3) is 22.5 Å². The van der Waals surface area contributed by atoms with Gasteiger partial charge in [0.1, 0.15) is 0 Å². The summed E-state index contributed by atoms with van der Waals surface area (Å²) >= 11 is 0. The van der Waals surface area contributed by atoms with Crippen LogP contribution >= 0.6 is 0 Å². The summed E-state index contributed by atoms with van der Waals surface area (Å²) in [6, 6.07) is 16.8. The fraction of sp³-hybridized carbons (Fsp3) is 0.111. The summed E-state index contributed by atoms with van der Waals surface area (Å²) in [7, 11) is 1.61. The van der Waals surface area contributed by atoms with Crippen LogP contribution in [0.3, 0.4) is 0 Å². The molecule has 0 saturated carbocycles. The van der Waals surface area contributed by atoms with E-state index in [0.717, 1.165) is 5.56 Å². The molecule has 104 valence electrons. The monoisotopic (exact) mass is 276 g/mol. The van der Waals surface area contributed by atoms with E-state index in [1.807, 2.05) is 12.1 Å². The second-order valence-electron chi connectivity index (χ2n) is 4.89. The van der Waals surface area contributed by atoms with E-state index in [-0.39, 0.29) is 0 Å². The largest absolute Gasteiger partial charge is 0.494 e. The van der Waals surface area contributed by atoms with E-state index in [2.05, 4.69) is 53.3 Å². The molecule has 0 radical (unpaired) electrons. The van der Waals surface area contributed by atoms with Gasteiger partial charge in [-0.1, -0.05) is 54.1 Å². The summed E-state index contributed by atoms with van der Waals surface area (Å²) in [5.74, 6) is 1.36. The molecular formula is C18H16N2O. The van der Waals surface area contributed by atoms with Crippen LogP contribution in [0, 0.1) is 6.92 Å². The lowest BCUT2D eigenvalue weighted by molar-refractivity contribution is 0.411. The third-order valence-corrected chi connectivity index (χ3v) is 3.39. The summed E-state index contributed by atoms with van der Waals surface area (Å²) in [6.45, 7) is 2.09. The number of hydrogen-bond acceptors (Lipinski definition) is 3. The third-order valence-electron chi connectivity index (χ3n) is 3.39. The molecule has 3 nitrogen and oxygen atoms in total. The number of hydrogen-bond donors (Lipinski definition) is 0. The van der Waals surface area contributed by atoms with Gasteiger partial charge in [0.15, 0.2) is 11.6 Å². The highest BCUT2D eigenvalue weighted by molar-refractivity contribution is 5.67. The number of rotatable bonds is 3. The zero-order valence-corrected chi connectivity index (χ0v) is 12.1. The van der Waals surface area contributed by atoms with E-state index >= 15 is 0 Å².